The minimum Gasteiger partial charge on any atom is -0.497 e. The highest BCUT2D eigenvalue weighted by Gasteiger charge is 2.59. The van der Waals surface area contributed by atoms with E-state index in [1.54, 1.807) is 0 Å². The van der Waals surface area contributed by atoms with E-state index < -0.39 is 47.3 Å². The number of terminal acetylenes is 1. The maximum Gasteiger partial charge on any atom is 0.573 e. The minimum atomic E-state index is -5.12. The molecule has 0 aliphatic carbocycles. The average molecular weight is 563 g/mol. The van der Waals surface area contributed by atoms with Gasteiger partial charge in [0.25, 0.3) is 5.91 Å². The zero-order valence-corrected chi connectivity index (χ0v) is 21.3. The van der Waals surface area contributed by atoms with Crippen LogP contribution in [0.5, 0.6) is 11.5 Å². The first-order valence-corrected chi connectivity index (χ1v) is 11.6. The highest BCUT2D eigenvalue weighted by Crippen LogP contribution is 2.44. The molecule has 1 fully saturated rings. The summed E-state index contributed by atoms with van der Waals surface area (Å²) in [5.41, 5.74) is -2.05. The first kappa shape index (κ1) is 28.3. The summed E-state index contributed by atoms with van der Waals surface area (Å²) in [5.74, 6) is -0.922. The second-order valence-electron chi connectivity index (χ2n) is 8.59. The van der Waals surface area contributed by atoms with Gasteiger partial charge in [-0.15, -0.1) is 30.9 Å². The fourth-order valence-corrected chi connectivity index (χ4v) is 5.39. The van der Waals surface area contributed by atoms with Gasteiger partial charge in [0.05, 0.1) is 23.0 Å². The molecule has 15 heteroatoms. The van der Waals surface area contributed by atoms with Gasteiger partial charge in [0.15, 0.2) is 5.01 Å². The lowest BCUT2D eigenvalue weighted by atomic mass is 9.98. The monoisotopic (exact) mass is 562 g/mol. The highest BCUT2D eigenvalue weighted by molar-refractivity contribution is 7.10. The maximum absolute atomic E-state index is 13.7. The number of hydrogen-bond acceptors (Lipinski definition) is 6. The number of thiazole rings is 1. The summed E-state index contributed by atoms with van der Waals surface area (Å²) in [6, 6.07) is 2.82. The third kappa shape index (κ3) is 6.01. The van der Waals surface area contributed by atoms with E-state index in [-0.39, 0.29) is 28.6 Å². The number of hydrogen-bond donors (Lipinski definition) is 0. The van der Waals surface area contributed by atoms with Crippen molar-refractivity contribution in [2.75, 3.05) is 18.6 Å². The van der Waals surface area contributed by atoms with Crippen molar-refractivity contribution < 1.29 is 45.4 Å². The number of benzene rings is 1. The van der Waals surface area contributed by atoms with Gasteiger partial charge in [-0.3, -0.25) is 14.5 Å². The van der Waals surface area contributed by atoms with Crippen molar-refractivity contribution >= 4 is 39.1 Å². The van der Waals surface area contributed by atoms with E-state index in [4.69, 9.17) is 11.2 Å². The molecule has 2 heterocycles. The number of aromatic nitrogens is 1. The molecule has 1 atom stereocenters. The number of alkyl halides is 6. The molecule has 3 rings (SSSR count). The number of likely N-dealkylation sites (tertiary alicyclic amines) is 1. The largest absolute Gasteiger partial charge is 0.573 e. The third-order valence-electron chi connectivity index (χ3n) is 5.38. The molecule has 0 bridgehead atoms. The summed E-state index contributed by atoms with van der Waals surface area (Å²) in [5, 5.41) is -0.811. The van der Waals surface area contributed by atoms with Crippen molar-refractivity contribution in [2.24, 2.45) is 0 Å². The predicted octanol–water partition coefficient (Wildman–Crippen LogP) is 4.12. The van der Waals surface area contributed by atoms with Crippen molar-refractivity contribution in [3.05, 3.63) is 34.3 Å². The molecule has 2 amide bonds. The summed E-state index contributed by atoms with van der Waals surface area (Å²) in [7, 11) is 4.38. The Labute approximate surface area is 214 Å². The number of carbonyl (C=O) groups is 2. The van der Waals surface area contributed by atoms with Crippen LogP contribution in [-0.4, -0.2) is 68.8 Å². The van der Waals surface area contributed by atoms with E-state index in [0.29, 0.717) is 4.90 Å². The zero-order chi connectivity index (χ0) is 28.0. The van der Waals surface area contributed by atoms with Gasteiger partial charge >= 0.3 is 12.5 Å². The molecule has 7 nitrogen and oxygen atoms in total. The smallest absolute Gasteiger partial charge is 0.497 e. The van der Waals surface area contributed by atoms with Crippen LogP contribution < -0.4 is 14.4 Å². The van der Waals surface area contributed by atoms with Crippen LogP contribution in [-0.2, 0) is 4.79 Å². The Balaban J connectivity index is 2.23. The topological polar surface area (TPSA) is 72.0 Å². The molecule has 0 N–H and O–H groups in total. The molecule has 1 saturated heterocycles. The number of nitrogens with zero attached hydrogens (tertiary/aromatic N) is 3. The van der Waals surface area contributed by atoms with Crippen LogP contribution in [0.15, 0.2) is 23.6 Å². The van der Waals surface area contributed by atoms with Crippen LogP contribution in [0.3, 0.4) is 0 Å². The molecular formula is C22H18F6N3O4SSi. The second-order valence-corrected chi connectivity index (χ2v) is 10.3. The van der Waals surface area contributed by atoms with Gasteiger partial charge in [-0.2, -0.15) is 13.2 Å². The SMILES string of the molecule is C#Cc1nc(C(=O)N(c2cc(OC)cc(OC(F)(F)F)c2)C2([Si])CC(C)(C)N(CC(F)(F)F)C2=O)cs1. The number of methoxy groups -OCH3 is 1. The van der Waals surface area contributed by atoms with Crippen molar-refractivity contribution in [1.82, 2.24) is 9.88 Å². The van der Waals surface area contributed by atoms with Crippen molar-refractivity contribution in [2.45, 2.75) is 43.5 Å². The van der Waals surface area contributed by atoms with E-state index in [1.165, 1.54) is 19.2 Å². The Kier molecular flexibility index (Phi) is 7.32. The summed E-state index contributed by atoms with van der Waals surface area (Å²) in [6.45, 7) is 1.11. The number of anilines is 1. The van der Waals surface area contributed by atoms with Crippen molar-refractivity contribution in [3.8, 4) is 23.8 Å². The van der Waals surface area contributed by atoms with Crippen LogP contribution in [0.25, 0.3) is 0 Å². The zero-order valence-electron chi connectivity index (χ0n) is 19.5. The van der Waals surface area contributed by atoms with Gasteiger partial charge in [-0.25, -0.2) is 4.98 Å². The van der Waals surface area contributed by atoms with Gasteiger partial charge in [0, 0.05) is 29.1 Å². The van der Waals surface area contributed by atoms with Crippen LogP contribution in [0.2, 0.25) is 0 Å². The van der Waals surface area contributed by atoms with Crippen LogP contribution >= 0.6 is 11.3 Å². The Morgan fingerprint density at radius 1 is 1.24 bits per heavy atom. The summed E-state index contributed by atoms with van der Waals surface area (Å²) >= 11 is 0.907. The number of ether oxygens (including phenoxy) is 2. The lowest BCUT2D eigenvalue weighted by molar-refractivity contribution is -0.274. The number of rotatable bonds is 6. The highest BCUT2D eigenvalue weighted by atomic mass is 32.1. The number of amides is 2. The first-order valence-electron chi connectivity index (χ1n) is 10.3. The molecule has 1 aromatic heterocycles. The lowest BCUT2D eigenvalue weighted by Crippen LogP contribution is -2.58. The van der Waals surface area contributed by atoms with Gasteiger partial charge in [0.1, 0.15) is 28.9 Å². The van der Waals surface area contributed by atoms with Gasteiger partial charge in [-0.1, -0.05) is 0 Å². The minimum absolute atomic E-state index is 0.0924. The Morgan fingerprint density at radius 3 is 2.38 bits per heavy atom. The molecule has 1 unspecified atom stereocenters. The molecule has 1 aliphatic rings. The molecule has 1 aromatic carbocycles. The number of halogens is 6. The Hall–Kier alpha value is -3.25. The number of carbonyl (C=O) groups excluding carboxylic acids is 2. The Bertz CT molecular complexity index is 1260. The fourth-order valence-electron chi connectivity index (χ4n) is 4.00. The lowest BCUT2D eigenvalue weighted by Gasteiger charge is -2.37. The van der Waals surface area contributed by atoms with E-state index in [2.05, 4.69) is 25.9 Å². The molecule has 2 aromatic rings. The van der Waals surface area contributed by atoms with E-state index in [1.807, 2.05) is 0 Å². The molecule has 3 radical (unpaired) electrons. The fraction of sp³-hybridized carbons (Fsp3) is 0.409. The third-order valence-corrected chi connectivity index (χ3v) is 6.77. The van der Waals surface area contributed by atoms with Crippen molar-refractivity contribution in [3.63, 3.8) is 0 Å². The summed E-state index contributed by atoms with van der Waals surface area (Å²) < 4.78 is 87.9. The van der Waals surface area contributed by atoms with Crippen LogP contribution in [0.1, 0.15) is 35.8 Å². The Morgan fingerprint density at radius 2 is 1.86 bits per heavy atom. The van der Waals surface area contributed by atoms with E-state index in [9.17, 15) is 35.9 Å². The normalized spacial score (nSPS) is 19.5. The molecule has 0 saturated carbocycles. The van der Waals surface area contributed by atoms with Gasteiger partial charge in [-0.05, 0) is 26.2 Å². The molecule has 0 spiro atoms. The quantitative estimate of drug-likeness (QED) is 0.301. The molecule has 197 valence electrons. The second kappa shape index (κ2) is 9.56. The molecule has 1 aliphatic heterocycles. The van der Waals surface area contributed by atoms with E-state index >= 15 is 0 Å². The van der Waals surface area contributed by atoms with Gasteiger partial charge in [0.2, 0.25) is 5.91 Å². The standard InChI is InChI=1S/C22H18F6N3O4SSi/c1-5-16-29-15(9-36-16)17(32)31(12-6-13(34-4)8-14(7-12)35-22(26,27)28)20(37)10-19(2,3)30(18(20)33)11-21(23,24)25/h1,6-9H,10-11H2,2-4H3. The molecular weight excluding hydrogens is 544 g/mol. The van der Waals surface area contributed by atoms with Crippen molar-refractivity contribution in [1.29, 1.82) is 0 Å². The summed E-state index contributed by atoms with van der Waals surface area (Å²) in [6.07, 6.45) is -4.95. The average Bonchev–Trinajstić information content (AvgIpc) is 3.29. The van der Waals surface area contributed by atoms with Crippen LogP contribution in [0, 0.1) is 12.3 Å². The van der Waals surface area contributed by atoms with E-state index in [0.717, 1.165) is 41.5 Å². The van der Waals surface area contributed by atoms with Crippen LogP contribution in [0.4, 0.5) is 32.0 Å². The predicted molar refractivity (Wildman–Crippen MR) is 121 cm³/mol. The first-order chi connectivity index (χ1) is 16.9. The summed E-state index contributed by atoms with van der Waals surface area (Å²) in [4.78, 5) is 32.4. The molecule has 37 heavy (non-hydrogen) atoms. The van der Waals surface area contributed by atoms with Gasteiger partial charge < -0.3 is 14.4 Å². The maximum atomic E-state index is 13.7.